The van der Waals surface area contributed by atoms with Gasteiger partial charge >= 0.3 is 0 Å². The third-order valence-corrected chi connectivity index (χ3v) is 4.86. The van der Waals surface area contributed by atoms with Gasteiger partial charge in [-0.05, 0) is 42.5 Å². The van der Waals surface area contributed by atoms with Gasteiger partial charge in [-0.3, -0.25) is 4.57 Å². The normalized spacial score (nSPS) is 10.4. The highest BCUT2D eigenvalue weighted by molar-refractivity contribution is 7.99. The molecule has 7 heteroatoms. The molecule has 0 bridgehead atoms. The molecule has 0 N–H and O–H groups in total. The Bertz CT molecular complexity index is 963. The number of nitriles is 1. The van der Waals surface area contributed by atoms with Gasteiger partial charge < -0.3 is 4.74 Å². The molecule has 0 saturated carbocycles. The van der Waals surface area contributed by atoms with Gasteiger partial charge in [-0.15, -0.1) is 16.8 Å². The van der Waals surface area contributed by atoms with E-state index in [0.717, 1.165) is 16.5 Å². The summed E-state index contributed by atoms with van der Waals surface area (Å²) in [4.78, 5) is 0. The first kappa shape index (κ1) is 19.0. The average molecular weight is 397 g/mol. The number of aromatic nitrogens is 3. The molecule has 0 unspecified atom stereocenters. The summed E-state index contributed by atoms with van der Waals surface area (Å²) in [7, 11) is 0. The van der Waals surface area contributed by atoms with Crippen molar-refractivity contribution in [1.29, 1.82) is 5.26 Å². The van der Waals surface area contributed by atoms with Crippen LogP contribution in [0.1, 0.15) is 5.56 Å². The number of hydrogen-bond acceptors (Lipinski definition) is 5. The molecule has 27 heavy (non-hydrogen) atoms. The van der Waals surface area contributed by atoms with Crippen molar-refractivity contribution >= 4 is 23.4 Å². The van der Waals surface area contributed by atoms with Crippen LogP contribution in [0.25, 0.3) is 11.4 Å². The van der Waals surface area contributed by atoms with Crippen LogP contribution < -0.4 is 4.74 Å². The van der Waals surface area contributed by atoms with E-state index in [2.05, 4.69) is 22.8 Å². The molecule has 0 saturated heterocycles. The predicted molar refractivity (Wildman–Crippen MR) is 108 cm³/mol. The molecule has 0 fully saturated rings. The van der Waals surface area contributed by atoms with E-state index in [4.69, 9.17) is 21.6 Å². The first-order valence-corrected chi connectivity index (χ1v) is 9.63. The molecule has 136 valence electrons. The highest BCUT2D eigenvalue weighted by Crippen LogP contribution is 2.25. The van der Waals surface area contributed by atoms with Crippen LogP contribution in [-0.2, 0) is 6.54 Å². The Morgan fingerprint density at radius 3 is 2.78 bits per heavy atom. The zero-order valence-corrected chi connectivity index (χ0v) is 16.1. The van der Waals surface area contributed by atoms with Crippen molar-refractivity contribution < 1.29 is 4.74 Å². The van der Waals surface area contributed by atoms with Gasteiger partial charge in [0.2, 0.25) is 0 Å². The Kier molecular flexibility index (Phi) is 6.53. The van der Waals surface area contributed by atoms with Gasteiger partial charge in [0, 0.05) is 22.9 Å². The van der Waals surface area contributed by atoms with Crippen LogP contribution >= 0.6 is 23.4 Å². The molecule has 0 aliphatic rings. The van der Waals surface area contributed by atoms with E-state index in [9.17, 15) is 0 Å². The molecule has 0 atom stereocenters. The van der Waals surface area contributed by atoms with Gasteiger partial charge in [0.05, 0.1) is 18.2 Å². The molecule has 0 spiro atoms. The van der Waals surface area contributed by atoms with E-state index in [1.165, 1.54) is 0 Å². The SMILES string of the molecule is C=CCn1c(SCCOc2cccc(C#N)c2)nnc1-c1ccc(Cl)cc1. The lowest BCUT2D eigenvalue weighted by Crippen LogP contribution is -2.04. The number of rotatable bonds is 8. The van der Waals surface area contributed by atoms with Crippen LogP contribution in [0.3, 0.4) is 0 Å². The minimum absolute atomic E-state index is 0.497. The van der Waals surface area contributed by atoms with Crippen LogP contribution in [-0.4, -0.2) is 27.1 Å². The molecular formula is C20H17ClN4OS. The lowest BCUT2D eigenvalue weighted by molar-refractivity contribution is 0.343. The minimum Gasteiger partial charge on any atom is -0.493 e. The maximum Gasteiger partial charge on any atom is 0.191 e. The van der Waals surface area contributed by atoms with Crippen LogP contribution in [0.2, 0.25) is 5.02 Å². The second-order valence-electron chi connectivity index (χ2n) is 5.55. The zero-order chi connectivity index (χ0) is 19.1. The number of ether oxygens (including phenoxy) is 1. The highest BCUT2D eigenvalue weighted by atomic mass is 35.5. The quantitative estimate of drug-likeness (QED) is 0.310. The third-order valence-electron chi connectivity index (χ3n) is 3.68. The van der Waals surface area contributed by atoms with Crippen LogP contribution in [0.4, 0.5) is 0 Å². The van der Waals surface area contributed by atoms with Gasteiger partial charge in [-0.2, -0.15) is 5.26 Å². The van der Waals surface area contributed by atoms with Crippen molar-refractivity contribution in [3.05, 3.63) is 71.8 Å². The maximum atomic E-state index is 8.93. The van der Waals surface area contributed by atoms with E-state index >= 15 is 0 Å². The standard InChI is InChI=1S/C20H17ClN4OS/c1-2-10-25-19(16-6-8-17(21)9-7-16)23-24-20(25)27-12-11-26-18-5-3-4-15(13-18)14-22/h2-9,13H,1,10-12H2. The summed E-state index contributed by atoms with van der Waals surface area (Å²) in [5.74, 6) is 2.16. The molecule has 0 aliphatic heterocycles. The summed E-state index contributed by atoms with van der Waals surface area (Å²) in [6.45, 7) is 4.93. The molecular weight excluding hydrogens is 380 g/mol. The fraction of sp³-hybridized carbons (Fsp3) is 0.150. The largest absolute Gasteiger partial charge is 0.493 e. The Labute approximate surface area is 167 Å². The van der Waals surface area contributed by atoms with E-state index in [-0.39, 0.29) is 0 Å². The predicted octanol–water partition coefficient (Wildman–Crippen LogP) is 4.83. The fourth-order valence-electron chi connectivity index (χ4n) is 2.45. The van der Waals surface area contributed by atoms with E-state index in [1.807, 2.05) is 41.0 Å². The molecule has 5 nitrogen and oxygen atoms in total. The number of benzene rings is 2. The molecule has 0 amide bonds. The van der Waals surface area contributed by atoms with Crippen LogP contribution in [0, 0.1) is 11.3 Å². The molecule has 0 aliphatic carbocycles. The monoisotopic (exact) mass is 396 g/mol. The van der Waals surface area contributed by atoms with E-state index in [0.29, 0.717) is 35.2 Å². The van der Waals surface area contributed by atoms with Crippen molar-refractivity contribution in [2.75, 3.05) is 12.4 Å². The van der Waals surface area contributed by atoms with Crippen molar-refractivity contribution in [1.82, 2.24) is 14.8 Å². The Morgan fingerprint density at radius 2 is 2.04 bits per heavy atom. The summed E-state index contributed by atoms with van der Waals surface area (Å²) in [6, 6.07) is 16.7. The topological polar surface area (TPSA) is 63.7 Å². The van der Waals surface area contributed by atoms with E-state index < -0.39 is 0 Å². The lowest BCUT2D eigenvalue weighted by Gasteiger charge is -2.09. The molecule has 3 aromatic rings. The van der Waals surface area contributed by atoms with Crippen LogP contribution in [0.5, 0.6) is 5.75 Å². The molecule has 2 aromatic carbocycles. The highest BCUT2D eigenvalue weighted by Gasteiger charge is 2.13. The fourth-order valence-corrected chi connectivity index (χ4v) is 3.34. The lowest BCUT2D eigenvalue weighted by atomic mass is 10.2. The summed E-state index contributed by atoms with van der Waals surface area (Å²) in [5, 5.41) is 19.0. The number of halogens is 1. The average Bonchev–Trinajstić information content (AvgIpc) is 3.09. The first-order valence-electron chi connectivity index (χ1n) is 8.27. The Balaban J connectivity index is 1.65. The van der Waals surface area contributed by atoms with Gasteiger partial charge in [0.25, 0.3) is 0 Å². The first-order chi connectivity index (χ1) is 13.2. The second kappa shape index (κ2) is 9.26. The van der Waals surface area contributed by atoms with Gasteiger partial charge in [0.15, 0.2) is 11.0 Å². The molecule has 1 aromatic heterocycles. The zero-order valence-electron chi connectivity index (χ0n) is 14.5. The summed E-state index contributed by atoms with van der Waals surface area (Å²) in [5.41, 5.74) is 1.53. The van der Waals surface area contributed by atoms with Crippen molar-refractivity contribution in [3.8, 4) is 23.2 Å². The Morgan fingerprint density at radius 1 is 1.22 bits per heavy atom. The Hall–Kier alpha value is -2.75. The summed E-state index contributed by atoms with van der Waals surface area (Å²) < 4.78 is 7.72. The summed E-state index contributed by atoms with van der Waals surface area (Å²) >= 11 is 7.52. The number of hydrogen-bond donors (Lipinski definition) is 0. The van der Waals surface area contributed by atoms with Crippen molar-refractivity contribution in [2.24, 2.45) is 0 Å². The summed E-state index contributed by atoms with van der Waals surface area (Å²) in [6.07, 6.45) is 1.82. The molecule has 0 radical (unpaired) electrons. The number of nitrogens with zero attached hydrogens (tertiary/aromatic N) is 4. The van der Waals surface area contributed by atoms with Crippen molar-refractivity contribution in [3.63, 3.8) is 0 Å². The molecule has 1 heterocycles. The van der Waals surface area contributed by atoms with Crippen molar-refractivity contribution in [2.45, 2.75) is 11.7 Å². The van der Waals surface area contributed by atoms with Gasteiger partial charge in [0.1, 0.15) is 5.75 Å². The smallest absolute Gasteiger partial charge is 0.191 e. The van der Waals surface area contributed by atoms with Gasteiger partial charge in [-0.25, -0.2) is 0 Å². The number of allylic oxidation sites excluding steroid dienone is 1. The van der Waals surface area contributed by atoms with Gasteiger partial charge in [-0.1, -0.05) is 35.5 Å². The second-order valence-corrected chi connectivity index (χ2v) is 7.05. The molecule has 3 rings (SSSR count). The minimum atomic E-state index is 0.497. The third kappa shape index (κ3) is 4.91. The van der Waals surface area contributed by atoms with E-state index in [1.54, 1.807) is 30.0 Å². The van der Waals surface area contributed by atoms with Crippen LogP contribution in [0.15, 0.2) is 66.3 Å². The number of thioether (sulfide) groups is 1. The maximum absolute atomic E-state index is 8.93.